The van der Waals surface area contributed by atoms with Crippen molar-refractivity contribution in [1.82, 2.24) is 15.0 Å². The molecule has 0 bridgehead atoms. The van der Waals surface area contributed by atoms with Crippen LogP contribution in [0.2, 0.25) is 0 Å². The average Bonchev–Trinajstić information content (AvgIpc) is 2.29. The Morgan fingerprint density at radius 1 is 1.24 bits per heavy atom. The molecule has 0 aliphatic rings. The first-order chi connectivity index (χ1) is 8.19. The van der Waals surface area contributed by atoms with Crippen LogP contribution in [-0.2, 0) is 6.42 Å². The summed E-state index contributed by atoms with van der Waals surface area (Å²) in [5.74, 6) is 1.11. The van der Waals surface area contributed by atoms with Gasteiger partial charge in [0.15, 0.2) is 5.82 Å². The number of rotatable bonds is 3. The molecule has 0 unspecified atom stereocenters. The summed E-state index contributed by atoms with van der Waals surface area (Å²) < 4.78 is 0. The third-order valence-corrected chi connectivity index (χ3v) is 2.45. The molecule has 4 heteroatoms. The van der Waals surface area contributed by atoms with Crippen molar-refractivity contribution in [2.75, 3.05) is 5.73 Å². The third kappa shape index (κ3) is 2.78. The molecule has 17 heavy (non-hydrogen) atoms. The molecule has 2 heterocycles. The maximum absolute atomic E-state index is 5.78. The van der Waals surface area contributed by atoms with Crippen LogP contribution >= 0.6 is 0 Å². The van der Waals surface area contributed by atoms with Crippen LogP contribution in [-0.4, -0.2) is 15.0 Å². The smallest absolute Gasteiger partial charge is 0.180 e. The fraction of sp³-hybridized carbons (Fsp3) is 0.308. The second kappa shape index (κ2) is 4.91. The number of pyridine rings is 1. The molecule has 0 spiro atoms. The van der Waals surface area contributed by atoms with E-state index in [0.717, 1.165) is 29.8 Å². The zero-order chi connectivity index (χ0) is 12.3. The Morgan fingerprint density at radius 2 is 2.06 bits per heavy atom. The molecule has 0 amide bonds. The Kier molecular flexibility index (Phi) is 3.32. The molecule has 0 saturated carbocycles. The maximum Gasteiger partial charge on any atom is 0.180 e. The van der Waals surface area contributed by atoms with Crippen molar-refractivity contribution in [1.29, 1.82) is 0 Å². The molecule has 2 N–H and O–H groups in total. The Balaban J connectivity index is 2.40. The van der Waals surface area contributed by atoms with Crippen LogP contribution in [0.3, 0.4) is 0 Å². The Hall–Kier alpha value is -1.97. The van der Waals surface area contributed by atoms with E-state index >= 15 is 0 Å². The van der Waals surface area contributed by atoms with E-state index in [1.165, 1.54) is 0 Å². The summed E-state index contributed by atoms with van der Waals surface area (Å²) in [6, 6.07) is 5.73. The van der Waals surface area contributed by atoms with Gasteiger partial charge in [-0.2, -0.15) is 0 Å². The van der Waals surface area contributed by atoms with E-state index < -0.39 is 0 Å². The maximum atomic E-state index is 5.78. The van der Waals surface area contributed by atoms with E-state index in [-0.39, 0.29) is 0 Å². The fourth-order valence-electron chi connectivity index (χ4n) is 1.62. The van der Waals surface area contributed by atoms with Crippen LogP contribution in [0.25, 0.3) is 11.5 Å². The van der Waals surface area contributed by atoms with Gasteiger partial charge < -0.3 is 5.73 Å². The van der Waals surface area contributed by atoms with E-state index in [2.05, 4.69) is 21.9 Å². The molecule has 0 saturated heterocycles. The van der Waals surface area contributed by atoms with Crippen LogP contribution in [0.1, 0.15) is 24.6 Å². The quantitative estimate of drug-likeness (QED) is 0.876. The van der Waals surface area contributed by atoms with Gasteiger partial charge in [-0.1, -0.05) is 19.4 Å². The summed E-state index contributed by atoms with van der Waals surface area (Å²) in [5.41, 5.74) is 8.63. The lowest BCUT2D eigenvalue weighted by Gasteiger charge is -2.04. The molecule has 0 aliphatic carbocycles. The predicted octanol–water partition coefficient (Wildman–Crippen LogP) is 2.38. The summed E-state index contributed by atoms with van der Waals surface area (Å²) in [4.78, 5) is 13.0. The van der Waals surface area contributed by atoms with Gasteiger partial charge in [0.25, 0.3) is 0 Å². The van der Waals surface area contributed by atoms with Gasteiger partial charge >= 0.3 is 0 Å². The summed E-state index contributed by atoms with van der Waals surface area (Å²) in [6.45, 7) is 4.11. The highest BCUT2D eigenvalue weighted by atomic mass is 15.0. The molecule has 4 nitrogen and oxygen atoms in total. The minimum atomic E-state index is 0.501. The number of hydrogen-bond donors (Lipinski definition) is 1. The van der Waals surface area contributed by atoms with Crippen LogP contribution < -0.4 is 5.73 Å². The lowest BCUT2D eigenvalue weighted by Crippen LogP contribution is -2.01. The van der Waals surface area contributed by atoms with Gasteiger partial charge in [-0.3, -0.25) is 4.98 Å². The lowest BCUT2D eigenvalue weighted by molar-refractivity contribution is 0.875. The fourth-order valence-corrected chi connectivity index (χ4v) is 1.62. The number of aromatic nitrogens is 3. The molecule has 0 fully saturated rings. The number of nitrogen functional groups attached to an aromatic ring is 1. The molecule has 0 aromatic carbocycles. The minimum Gasteiger partial charge on any atom is -0.384 e. The monoisotopic (exact) mass is 228 g/mol. The zero-order valence-electron chi connectivity index (χ0n) is 10.1. The number of hydrogen-bond acceptors (Lipinski definition) is 4. The van der Waals surface area contributed by atoms with E-state index in [0.29, 0.717) is 11.6 Å². The highest BCUT2D eigenvalue weighted by Crippen LogP contribution is 2.15. The molecule has 0 atom stereocenters. The number of aryl methyl sites for hydroxylation is 2. The first-order valence-electron chi connectivity index (χ1n) is 5.75. The highest BCUT2D eigenvalue weighted by Gasteiger charge is 2.06. The molecule has 0 radical (unpaired) electrons. The van der Waals surface area contributed by atoms with Gasteiger partial charge in [0.1, 0.15) is 11.5 Å². The van der Waals surface area contributed by atoms with Gasteiger partial charge in [0, 0.05) is 18.0 Å². The summed E-state index contributed by atoms with van der Waals surface area (Å²) in [7, 11) is 0. The van der Waals surface area contributed by atoms with Gasteiger partial charge in [-0.15, -0.1) is 0 Å². The number of anilines is 1. The van der Waals surface area contributed by atoms with Crippen molar-refractivity contribution in [2.45, 2.75) is 26.7 Å². The van der Waals surface area contributed by atoms with Crippen molar-refractivity contribution < 1.29 is 0 Å². The standard InChI is InChI=1S/C13H16N4/c1-3-4-10-7-12(14)17-13(16-10)11-6-5-9(2)8-15-11/h5-8H,3-4H2,1-2H3,(H2,14,16,17). The Labute approximate surface area is 101 Å². The predicted molar refractivity (Wildman–Crippen MR) is 68.4 cm³/mol. The second-order valence-corrected chi connectivity index (χ2v) is 4.08. The third-order valence-electron chi connectivity index (χ3n) is 2.45. The largest absolute Gasteiger partial charge is 0.384 e. The SMILES string of the molecule is CCCc1cc(N)nc(-c2ccc(C)cn2)n1. The van der Waals surface area contributed by atoms with E-state index in [4.69, 9.17) is 5.73 Å². The summed E-state index contributed by atoms with van der Waals surface area (Å²) >= 11 is 0. The second-order valence-electron chi connectivity index (χ2n) is 4.08. The summed E-state index contributed by atoms with van der Waals surface area (Å²) in [5, 5.41) is 0. The molecule has 2 rings (SSSR count). The van der Waals surface area contributed by atoms with Crippen LogP contribution in [0.15, 0.2) is 24.4 Å². The van der Waals surface area contributed by atoms with E-state index in [1.54, 1.807) is 6.20 Å². The normalized spacial score (nSPS) is 10.5. The molecule has 2 aromatic rings. The molecular weight excluding hydrogens is 212 g/mol. The molecule has 2 aromatic heterocycles. The van der Waals surface area contributed by atoms with Gasteiger partial charge in [0.05, 0.1) is 0 Å². The van der Waals surface area contributed by atoms with Gasteiger partial charge in [-0.05, 0) is 25.0 Å². The minimum absolute atomic E-state index is 0.501. The van der Waals surface area contributed by atoms with E-state index in [9.17, 15) is 0 Å². The van der Waals surface area contributed by atoms with Gasteiger partial charge in [0.2, 0.25) is 0 Å². The Bertz CT molecular complexity index is 505. The van der Waals surface area contributed by atoms with Gasteiger partial charge in [-0.25, -0.2) is 9.97 Å². The van der Waals surface area contributed by atoms with E-state index in [1.807, 2.05) is 25.1 Å². The molecule has 0 aliphatic heterocycles. The topological polar surface area (TPSA) is 64.7 Å². The van der Waals surface area contributed by atoms with Crippen molar-refractivity contribution in [3.05, 3.63) is 35.7 Å². The van der Waals surface area contributed by atoms with Crippen molar-refractivity contribution in [3.63, 3.8) is 0 Å². The first kappa shape index (κ1) is 11.5. The molecular formula is C13H16N4. The zero-order valence-corrected chi connectivity index (χ0v) is 10.1. The van der Waals surface area contributed by atoms with Crippen molar-refractivity contribution >= 4 is 5.82 Å². The number of nitrogens with two attached hydrogens (primary N) is 1. The first-order valence-corrected chi connectivity index (χ1v) is 5.75. The molecule has 88 valence electrons. The summed E-state index contributed by atoms with van der Waals surface area (Å²) in [6.07, 6.45) is 3.75. The van der Waals surface area contributed by atoms with Crippen molar-refractivity contribution in [2.24, 2.45) is 0 Å². The van der Waals surface area contributed by atoms with Crippen molar-refractivity contribution in [3.8, 4) is 11.5 Å². The average molecular weight is 228 g/mol. The van der Waals surface area contributed by atoms with Crippen LogP contribution in [0, 0.1) is 6.92 Å². The Morgan fingerprint density at radius 3 is 2.71 bits per heavy atom. The highest BCUT2D eigenvalue weighted by molar-refractivity contribution is 5.52. The van der Waals surface area contributed by atoms with Crippen LogP contribution in [0.5, 0.6) is 0 Å². The van der Waals surface area contributed by atoms with Crippen LogP contribution in [0.4, 0.5) is 5.82 Å². The number of nitrogens with zero attached hydrogens (tertiary/aromatic N) is 3. The lowest BCUT2D eigenvalue weighted by atomic mass is 10.2.